The van der Waals surface area contributed by atoms with E-state index in [0.717, 1.165) is 22.3 Å². The fraction of sp³-hybridized carbons (Fsp3) is 0.125. The molecule has 1 heterocycles. The van der Waals surface area contributed by atoms with Crippen LogP contribution >= 0.6 is 11.6 Å². The van der Waals surface area contributed by atoms with Crippen LogP contribution in [0.25, 0.3) is 5.57 Å². The highest BCUT2D eigenvalue weighted by atomic mass is 35.5. The minimum Gasteiger partial charge on any atom is -0.503 e. The summed E-state index contributed by atoms with van der Waals surface area (Å²) >= 11 is 6.03. The molecule has 140 valence electrons. The van der Waals surface area contributed by atoms with E-state index in [9.17, 15) is 9.90 Å². The molecule has 1 aliphatic heterocycles. The van der Waals surface area contributed by atoms with Crippen molar-refractivity contribution in [3.05, 3.63) is 106 Å². The fourth-order valence-corrected chi connectivity index (χ4v) is 3.69. The van der Waals surface area contributed by atoms with Crippen LogP contribution in [-0.4, -0.2) is 11.0 Å². The summed E-state index contributed by atoms with van der Waals surface area (Å²) in [5.41, 5.74) is 5.33. The number of rotatable bonds is 3. The molecular weight excluding hydrogens is 370 g/mol. The maximum absolute atomic E-state index is 13.1. The first-order chi connectivity index (χ1) is 13.5. The zero-order chi connectivity index (χ0) is 19.8. The summed E-state index contributed by atoms with van der Waals surface area (Å²) in [5, 5.41) is 11.4. The van der Waals surface area contributed by atoms with Gasteiger partial charge in [-0.05, 0) is 49.2 Å². The number of aliphatic hydroxyl groups excluding tert-OH is 1. The highest BCUT2D eigenvalue weighted by Gasteiger charge is 2.41. The summed E-state index contributed by atoms with van der Waals surface area (Å²) < 4.78 is 0. The van der Waals surface area contributed by atoms with Gasteiger partial charge in [0.1, 0.15) is 0 Å². The van der Waals surface area contributed by atoms with E-state index < -0.39 is 11.9 Å². The lowest BCUT2D eigenvalue weighted by Gasteiger charge is -2.27. The topological polar surface area (TPSA) is 40.5 Å². The molecule has 0 saturated carbocycles. The average Bonchev–Trinajstić information content (AvgIpc) is 2.95. The van der Waals surface area contributed by atoms with Crippen molar-refractivity contribution in [3.63, 3.8) is 0 Å². The molecule has 4 heteroatoms. The second-order valence-electron chi connectivity index (χ2n) is 7.09. The van der Waals surface area contributed by atoms with E-state index >= 15 is 0 Å². The maximum atomic E-state index is 13.1. The van der Waals surface area contributed by atoms with Crippen molar-refractivity contribution in [2.45, 2.75) is 19.9 Å². The van der Waals surface area contributed by atoms with Crippen LogP contribution in [0.3, 0.4) is 0 Å². The number of aliphatic hydroxyl groups is 1. The molecule has 1 atom stereocenters. The van der Waals surface area contributed by atoms with Gasteiger partial charge in [-0.3, -0.25) is 9.69 Å². The third kappa shape index (κ3) is 3.19. The Balaban J connectivity index is 1.90. The van der Waals surface area contributed by atoms with Gasteiger partial charge in [-0.25, -0.2) is 0 Å². The van der Waals surface area contributed by atoms with Crippen molar-refractivity contribution in [2.24, 2.45) is 0 Å². The van der Waals surface area contributed by atoms with Gasteiger partial charge in [0.2, 0.25) is 0 Å². The van der Waals surface area contributed by atoms with E-state index in [1.807, 2.05) is 62.4 Å². The lowest BCUT2D eigenvalue weighted by atomic mass is 9.92. The Morgan fingerprint density at radius 1 is 0.821 bits per heavy atom. The maximum Gasteiger partial charge on any atom is 0.294 e. The highest BCUT2D eigenvalue weighted by molar-refractivity contribution is 6.30. The smallest absolute Gasteiger partial charge is 0.294 e. The zero-order valence-corrected chi connectivity index (χ0v) is 16.4. The van der Waals surface area contributed by atoms with Crippen molar-refractivity contribution >= 4 is 28.8 Å². The van der Waals surface area contributed by atoms with Gasteiger partial charge < -0.3 is 5.11 Å². The predicted molar refractivity (Wildman–Crippen MR) is 114 cm³/mol. The van der Waals surface area contributed by atoms with Crippen LogP contribution in [0.15, 0.2) is 78.6 Å². The van der Waals surface area contributed by atoms with E-state index in [4.69, 9.17) is 11.6 Å². The number of aryl methyl sites for hydroxylation is 2. The second kappa shape index (κ2) is 7.17. The van der Waals surface area contributed by atoms with Gasteiger partial charge in [-0.2, -0.15) is 0 Å². The van der Waals surface area contributed by atoms with Crippen molar-refractivity contribution < 1.29 is 9.90 Å². The quantitative estimate of drug-likeness (QED) is 0.595. The molecule has 3 nitrogen and oxygen atoms in total. The van der Waals surface area contributed by atoms with Crippen molar-refractivity contribution in [1.29, 1.82) is 0 Å². The normalized spacial score (nSPS) is 16.8. The van der Waals surface area contributed by atoms with Crippen LogP contribution in [0.2, 0.25) is 5.02 Å². The molecular formula is C24H20ClNO2. The number of hydrogen-bond acceptors (Lipinski definition) is 2. The molecule has 28 heavy (non-hydrogen) atoms. The molecule has 0 saturated heterocycles. The number of benzene rings is 3. The molecule has 0 fully saturated rings. The number of amides is 1. The van der Waals surface area contributed by atoms with Gasteiger partial charge in [-0.1, -0.05) is 71.3 Å². The summed E-state index contributed by atoms with van der Waals surface area (Å²) in [5.74, 6) is -0.632. The molecule has 0 radical (unpaired) electrons. The molecule has 1 amide bonds. The molecule has 3 aromatic rings. The highest BCUT2D eigenvalue weighted by Crippen LogP contribution is 2.45. The molecule has 3 aromatic carbocycles. The van der Waals surface area contributed by atoms with Crippen LogP contribution in [0.4, 0.5) is 5.69 Å². The molecule has 0 spiro atoms. The van der Waals surface area contributed by atoms with Gasteiger partial charge in [0, 0.05) is 16.3 Å². The molecule has 1 N–H and O–H groups in total. The van der Waals surface area contributed by atoms with E-state index in [1.54, 1.807) is 29.2 Å². The van der Waals surface area contributed by atoms with E-state index in [0.29, 0.717) is 16.3 Å². The van der Waals surface area contributed by atoms with Crippen LogP contribution in [-0.2, 0) is 4.79 Å². The van der Waals surface area contributed by atoms with Crippen molar-refractivity contribution in [2.75, 3.05) is 4.90 Å². The fourth-order valence-electron chi connectivity index (χ4n) is 3.57. The summed E-state index contributed by atoms with van der Waals surface area (Å²) in [6.07, 6.45) is 0. The summed E-state index contributed by atoms with van der Waals surface area (Å²) in [7, 11) is 0. The van der Waals surface area contributed by atoms with Gasteiger partial charge in [0.15, 0.2) is 5.76 Å². The summed E-state index contributed by atoms with van der Waals surface area (Å²) in [6.45, 7) is 4.03. The van der Waals surface area contributed by atoms with Crippen LogP contribution in [0.5, 0.6) is 0 Å². The second-order valence-corrected chi connectivity index (χ2v) is 7.53. The van der Waals surface area contributed by atoms with E-state index in [-0.39, 0.29) is 5.76 Å². The molecule has 4 rings (SSSR count). The minimum absolute atomic E-state index is 0.218. The van der Waals surface area contributed by atoms with E-state index in [2.05, 4.69) is 0 Å². The van der Waals surface area contributed by atoms with Crippen molar-refractivity contribution in [1.82, 2.24) is 0 Å². The number of carbonyl (C=O) groups is 1. The third-order valence-corrected chi connectivity index (χ3v) is 5.32. The average molecular weight is 390 g/mol. The monoisotopic (exact) mass is 389 g/mol. The van der Waals surface area contributed by atoms with Crippen molar-refractivity contribution in [3.8, 4) is 0 Å². The zero-order valence-electron chi connectivity index (χ0n) is 15.7. The largest absolute Gasteiger partial charge is 0.503 e. The van der Waals surface area contributed by atoms with Gasteiger partial charge >= 0.3 is 0 Å². The Morgan fingerprint density at radius 2 is 1.36 bits per heavy atom. The molecule has 1 aliphatic rings. The van der Waals surface area contributed by atoms with Gasteiger partial charge in [-0.15, -0.1) is 0 Å². The Labute approximate surface area is 169 Å². The minimum atomic E-state index is -0.419. The number of anilines is 1. The third-order valence-electron chi connectivity index (χ3n) is 5.07. The van der Waals surface area contributed by atoms with Crippen LogP contribution < -0.4 is 4.90 Å². The predicted octanol–water partition coefficient (Wildman–Crippen LogP) is 6.01. The van der Waals surface area contributed by atoms with Gasteiger partial charge in [0.25, 0.3) is 5.91 Å². The molecule has 0 aliphatic carbocycles. The number of hydrogen-bond donors (Lipinski definition) is 1. The lowest BCUT2D eigenvalue weighted by Crippen LogP contribution is -2.30. The lowest BCUT2D eigenvalue weighted by molar-refractivity contribution is -0.117. The number of carbonyl (C=O) groups excluding carboxylic acids is 1. The Morgan fingerprint density at radius 3 is 1.93 bits per heavy atom. The van der Waals surface area contributed by atoms with Gasteiger partial charge in [0.05, 0.1) is 6.04 Å². The van der Waals surface area contributed by atoms with Crippen LogP contribution in [0.1, 0.15) is 28.3 Å². The first-order valence-electron chi connectivity index (χ1n) is 9.11. The Kier molecular flexibility index (Phi) is 4.70. The summed E-state index contributed by atoms with van der Waals surface area (Å²) in [6, 6.07) is 22.6. The van der Waals surface area contributed by atoms with Crippen LogP contribution in [0, 0.1) is 13.8 Å². The SMILES string of the molecule is Cc1ccc(C2=C(O)C(=O)N(c3ccc(Cl)cc3)[C@@H]2c2ccc(C)cc2)cc1. The first-order valence-corrected chi connectivity index (χ1v) is 9.49. The standard InChI is InChI=1S/C24H20ClNO2/c1-15-3-7-17(8-4-15)21-22(18-9-5-16(2)6-10-18)26(24(28)23(21)27)20-13-11-19(25)12-14-20/h3-14,22,27H,1-2H3/t22-/m1/s1. The number of nitrogens with zero attached hydrogens (tertiary/aromatic N) is 1. The Bertz CT molecular complexity index is 1050. The molecule has 0 unspecified atom stereocenters. The molecule has 0 bridgehead atoms. The summed E-state index contributed by atoms with van der Waals surface area (Å²) in [4.78, 5) is 14.7. The molecule has 0 aromatic heterocycles. The Hall–Kier alpha value is -3.04. The first kappa shape index (κ1) is 18.3. The number of halogens is 1. The van der Waals surface area contributed by atoms with E-state index in [1.165, 1.54) is 0 Å².